The molecule has 0 aliphatic carbocycles. The molecule has 0 spiro atoms. The number of rotatable bonds is 8. The second-order valence-corrected chi connectivity index (χ2v) is 25.7. The molecular formula is C73H105FN6O2S2. The van der Waals surface area contributed by atoms with E-state index in [0.717, 1.165) is 28.4 Å². The molecule has 0 bridgehead atoms. The molecule has 0 atom stereocenters. The number of pyridine rings is 1. The second-order valence-electron chi connectivity index (χ2n) is 24.0. The number of halogens is 1. The Hall–Kier alpha value is -6.95. The average Bonchev–Trinajstić information content (AvgIpc) is 4.31. The molecule has 0 aliphatic rings. The van der Waals surface area contributed by atoms with Gasteiger partial charge in [0.05, 0.1) is 12.5 Å². The SMILES string of the molecule is CC(C)(C)c1cccc(N)c1.CC(C)c1ccc(N)cc1.CC(C)c1cccc(O)c1.CC(C)c1ccccc1N.CC(C)c1ccco1.CC(C)c1cccs1.CC(C)c1ccnc(F)c1.CC(C)c1ccsc1.CC(C)c1cnn(C)c1. The van der Waals surface area contributed by atoms with E-state index in [1.165, 1.54) is 50.5 Å². The van der Waals surface area contributed by atoms with Crippen molar-refractivity contribution in [1.82, 2.24) is 14.8 Å². The Labute approximate surface area is 515 Å². The molecule has 0 aliphatic heterocycles. The van der Waals surface area contributed by atoms with E-state index < -0.39 is 5.95 Å². The van der Waals surface area contributed by atoms with Crippen LogP contribution in [0.3, 0.4) is 0 Å². The average molecular weight is 1180 g/mol. The van der Waals surface area contributed by atoms with Crippen molar-refractivity contribution >= 4 is 39.7 Å². The minimum absolute atomic E-state index is 0.204. The predicted octanol–water partition coefficient (Wildman–Crippen LogP) is 21.9. The lowest BCUT2D eigenvalue weighted by molar-refractivity contribution is 0.474. The van der Waals surface area contributed by atoms with E-state index in [4.69, 9.17) is 26.7 Å². The summed E-state index contributed by atoms with van der Waals surface area (Å²) >= 11 is 3.60. The van der Waals surface area contributed by atoms with Gasteiger partial charge in [0.2, 0.25) is 5.95 Å². The van der Waals surface area contributed by atoms with E-state index in [1.54, 1.807) is 29.7 Å². The Morgan fingerprint density at radius 1 is 0.524 bits per heavy atom. The number of benzene rings is 4. The zero-order valence-electron chi connectivity index (χ0n) is 54.6. The van der Waals surface area contributed by atoms with Gasteiger partial charge in [0, 0.05) is 47.3 Å². The zero-order valence-corrected chi connectivity index (χ0v) is 56.2. The first-order chi connectivity index (χ1) is 39.4. The lowest BCUT2D eigenvalue weighted by Crippen LogP contribution is -2.10. The van der Waals surface area contributed by atoms with Crippen molar-refractivity contribution in [2.24, 2.45) is 7.05 Å². The van der Waals surface area contributed by atoms with Gasteiger partial charge in [-0.25, -0.2) is 4.98 Å². The number of aromatic nitrogens is 3. The smallest absolute Gasteiger partial charge is 0.213 e. The summed E-state index contributed by atoms with van der Waals surface area (Å²) in [5, 5.41) is 19.6. The number of aromatic hydroxyl groups is 1. The summed E-state index contributed by atoms with van der Waals surface area (Å²) in [6.45, 7) is 40.8. The fourth-order valence-electron chi connectivity index (χ4n) is 7.16. The molecule has 7 N–H and O–H groups in total. The maximum Gasteiger partial charge on any atom is 0.213 e. The Morgan fingerprint density at radius 3 is 1.45 bits per heavy atom. The van der Waals surface area contributed by atoms with Crippen LogP contribution in [0.25, 0.3) is 0 Å². The minimum atomic E-state index is -0.397. The second kappa shape index (κ2) is 40.3. The van der Waals surface area contributed by atoms with E-state index >= 15 is 0 Å². The first kappa shape index (κ1) is 75.1. The van der Waals surface area contributed by atoms with Crippen molar-refractivity contribution in [2.45, 2.75) is 184 Å². The van der Waals surface area contributed by atoms with E-state index in [1.807, 2.05) is 128 Å². The van der Waals surface area contributed by atoms with E-state index in [0.29, 0.717) is 53.1 Å². The molecular weight excluding hydrogens is 1080 g/mol. The van der Waals surface area contributed by atoms with Crippen LogP contribution in [0.5, 0.6) is 5.75 Å². The molecule has 4 aromatic carbocycles. The Bertz CT molecular complexity index is 2880. The maximum absolute atomic E-state index is 12.4. The highest BCUT2D eigenvalue weighted by Gasteiger charge is 2.13. The van der Waals surface area contributed by atoms with Gasteiger partial charge < -0.3 is 26.7 Å². The summed E-state index contributed by atoms with van der Waals surface area (Å²) in [5.74, 6) is 5.52. The molecule has 0 amide bonds. The van der Waals surface area contributed by atoms with Crippen molar-refractivity contribution in [3.63, 3.8) is 0 Å². The highest BCUT2D eigenvalue weighted by Crippen LogP contribution is 2.25. The summed E-state index contributed by atoms with van der Waals surface area (Å²) in [6.07, 6.45) is 7.15. The summed E-state index contributed by atoms with van der Waals surface area (Å²) in [6, 6.07) is 45.1. The number of nitrogens with two attached hydrogens (primary N) is 3. The summed E-state index contributed by atoms with van der Waals surface area (Å²) < 4.78 is 19.3. The van der Waals surface area contributed by atoms with E-state index in [-0.39, 0.29) is 5.41 Å². The Balaban J connectivity index is 0.000000473. The lowest BCUT2D eigenvalue weighted by atomic mass is 9.87. The van der Waals surface area contributed by atoms with E-state index in [2.05, 4.69) is 186 Å². The number of hydrogen-bond donors (Lipinski definition) is 4. The third-order valence-corrected chi connectivity index (χ3v) is 14.6. The molecule has 0 fully saturated rings. The predicted molar refractivity (Wildman–Crippen MR) is 367 cm³/mol. The van der Waals surface area contributed by atoms with Gasteiger partial charge in [-0.1, -0.05) is 192 Å². The topological polar surface area (TPSA) is 142 Å². The van der Waals surface area contributed by atoms with Crippen LogP contribution in [0, 0.1) is 5.95 Å². The molecule has 9 rings (SSSR count). The van der Waals surface area contributed by atoms with Gasteiger partial charge in [0.1, 0.15) is 11.5 Å². The van der Waals surface area contributed by atoms with Gasteiger partial charge in [-0.3, -0.25) is 4.68 Å². The number of anilines is 3. The molecule has 0 saturated carbocycles. The molecule has 9 aromatic rings. The number of thiophene rings is 2. The number of phenolic OH excluding ortho intramolecular Hbond substituents is 1. The summed E-state index contributed by atoms with van der Waals surface area (Å²) in [4.78, 5) is 4.93. The molecule has 458 valence electrons. The zero-order chi connectivity index (χ0) is 63.5. The number of furan rings is 1. The fourth-order valence-corrected chi connectivity index (χ4v) is 8.73. The largest absolute Gasteiger partial charge is 0.508 e. The summed E-state index contributed by atoms with van der Waals surface area (Å²) in [5.41, 5.74) is 28.5. The first-order valence-electron chi connectivity index (χ1n) is 29.5. The highest BCUT2D eigenvalue weighted by atomic mass is 32.1. The number of nitrogen functional groups attached to an aromatic ring is 3. The third-order valence-electron chi connectivity index (χ3n) is 12.8. The van der Waals surface area contributed by atoms with Crippen molar-refractivity contribution in [1.29, 1.82) is 0 Å². The van der Waals surface area contributed by atoms with Crippen LogP contribution in [0.15, 0.2) is 185 Å². The van der Waals surface area contributed by atoms with E-state index in [9.17, 15) is 4.39 Å². The molecule has 0 unspecified atom stereocenters. The van der Waals surface area contributed by atoms with Crippen LogP contribution in [0.4, 0.5) is 21.5 Å². The minimum Gasteiger partial charge on any atom is -0.508 e. The first-order valence-corrected chi connectivity index (χ1v) is 31.3. The molecule has 0 saturated heterocycles. The monoisotopic (exact) mass is 1180 g/mol. The van der Waals surface area contributed by atoms with Gasteiger partial charge in [-0.2, -0.15) is 20.8 Å². The van der Waals surface area contributed by atoms with Crippen molar-refractivity contribution in [3.05, 3.63) is 236 Å². The number of aryl methyl sites for hydroxylation is 1. The van der Waals surface area contributed by atoms with Gasteiger partial charge in [-0.05, 0) is 181 Å². The number of phenols is 1. The molecule has 11 heteroatoms. The van der Waals surface area contributed by atoms with Crippen LogP contribution in [-0.2, 0) is 12.5 Å². The van der Waals surface area contributed by atoms with Gasteiger partial charge in [0.15, 0.2) is 0 Å². The number of para-hydroxylation sites is 1. The lowest BCUT2D eigenvalue weighted by Gasteiger charge is -2.18. The Kier molecular flexibility index (Phi) is 36.0. The van der Waals surface area contributed by atoms with Crippen molar-refractivity contribution in [2.75, 3.05) is 17.2 Å². The van der Waals surface area contributed by atoms with Crippen LogP contribution >= 0.6 is 22.7 Å². The standard InChI is InChI=1S/C10H15N.2C9H13N.C9H12O.C8H10FN.C7H12N2.C7H10O.2C7H10S/c1-10(2,3)8-5-4-6-9(11)7-8;1-7(2)8-3-5-9(10)6-4-8;1-7(2)8-5-3-4-6-9(8)10;1-7(2)8-4-3-5-9(10)6-8;1-6(2)7-3-4-10-8(9)5-7;1-6(2)7-4-8-9(3)5-7;1-6(2)7-4-3-5-8-7;1-6(2)7-3-4-8-5-7;1-6(2)7-4-3-5-8-7/h4-7H,11H2,1-3H3;2*3-7H,10H2,1-2H3;3-7,10H,1-2H3;3-6H,1-2H3;4-6H,1-3H3;3*3-6H,1-2H3. The van der Waals surface area contributed by atoms with Crippen LogP contribution < -0.4 is 17.2 Å². The quantitative estimate of drug-likeness (QED) is 0.0877. The van der Waals surface area contributed by atoms with Crippen molar-refractivity contribution < 1.29 is 13.9 Å². The fraction of sp³-hybridized carbons (Fsp3) is 0.397. The van der Waals surface area contributed by atoms with Crippen molar-refractivity contribution in [3.8, 4) is 5.75 Å². The van der Waals surface area contributed by atoms with Gasteiger partial charge in [-0.15, -0.1) is 11.3 Å². The highest BCUT2D eigenvalue weighted by molar-refractivity contribution is 7.10. The molecule has 0 radical (unpaired) electrons. The van der Waals surface area contributed by atoms with Crippen LogP contribution in [0.2, 0.25) is 0 Å². The van der Waals surface area contributed by atoms with Crippen LogP contribution in [0.1, 0.15) is 228 Å². The normalized spacial score (nSPS) is 10.5. The van der Waals surface area contributed by atoms with Gasteiger partial charge >= 0.3 is 0 Å². The maximum atomic E-state index is 12.4. The molecule has 5 aromatic heterocycles. The van der Waals surface area contributed by atoms with Crippen LogP contribution in [-0.4, -0.2) is 19.9 Å². The number of nitrogens with zero attached hydrogens (tertiary/aromatic N) is 3. The molecule has 84 heavy (non-hydrogen) atoms. The molecule has 5 heterocycles. The molecule has 8 nitrogen and oxygen atoms in total. The van der Waals surface area contributed by atoms with Gasteiger partial charge in [0.25, 0.3) is 0 Å². The third kappa shape index (κ3) is 32.8. The summed E-state index contributed by atoms with van der Waals surface area (Å²) in [7, 11) is 1.94. The Morgan fingerprint density at radius 2 is 1.12 bits per heavy atom. The number of hydrogen-bond acceptors (Lipinski definition) is 9.